The van der Waals surface area contributed by atoms with E-state index in [1.165, 1.54) is 6.42 Å². The molecule has 0 aromatic rings. The molecule has 0 aliphatic heterocycles. The Morgan fingerprint density at radius 1 is 1.54 bits per heavy atom. The number of hydrogen-bond acceptors (Lipinski definition) is 2. The van der Waals surface area contributed by atoms with Crippen LogP contribution in [-0.4, -0.2) is 16.6 Å². The van der Waals surface area contributed by atoms with Crippen LogP contribution in [0.2, 0.25) is 0 Å². The Kier molecular flexibility index (Phi) is 2.96. The molecule has 3 heteroatoms. The second kappa shape index (κ2) is 3.66. The van der Waals surface area contributed by atoms with Crippen molar-refractivity contribution in [2.45, 2.75) is 45.1 Å². The lowest BCUT2D eigenvalue weighted by Gasteiger charge is -2.35. The molecular formula is C10H19NO2. The fourth-order valence-corrected chi connectivity index (χ4v) is 2.15. The van der Waals surface area contributed by atoms with Gasteiger partial charge in [0.15, 0.2) is 0 Å². The van der Waals surface area contributed by atoms with E-state index in [1.54, 1.807) is 6.92 Å². The first-order valence-corrected chi connectivity index (χ1v) is 4.97. The third kappa shape index (κ3) is 2.21. The average Bonchev–Trinajstić information content (AvgIpc) is 2.04. The molecule has 13 heavy (non-hydrogen) atoms. The van der Waals surface area contributed by atoms with Crippen molar-refractivity contribution in [3.8, 4) is 0 Å². The van der Waals surface area contributed by atoms with Gasteiger partial charge in [-0.2, -0.15) is 0 Å². The molecule has 1 saturated carbocycles. The molecule has 0 heterocycles. The molecule has 0 spiro atoms. The van der Waals surface area contributed by atoms with Crippen molar-refractivity contribution in [3.63, 3.8) is 0 Å². The minimum Gasteiger partial charge on any atom is -0.480 e. The smallest absolute Gasteiger partial charge is 0.323 e. The minimum absolute atomic E-state index is 0.147. The van der Waals surface area contributed by atoms with Crippen molar-refractivity contribution in [2.75, 3.05) is 0 Å². The highest BCUT2D eigenvalue weighted by Gasteiger charge is 2.39. The van der Waals surface area contributed by atoms with Crippen molar-refractivity contribution >= 4 is 5.97 Å². The summed E-state index contributed by atoms with van der Waals surface area (Å²) in [7, 11) is 0. The number of hydrogen-bond donors (Lipinski definition) is 2. The molecule has 1 fully saturated rings. The van der Waals surface area contributed by atoms with E-state index in [-0.39, 0.29) is 5.92 Å². The first-order valence-electron chi connectivity index (χ1n) is 4.97. The molecule has 3 unspecified atom stereocenters. The zero-order valence-corrected chi connectivity index (χ0v) is 8.42. The van der Waals surface area contributed by atoms with Gasteiger partial charge >= 0.3 is 5.97 Å². The molecule has 3 N–H and O–H groups in total. The van der Waals surface area contributed by atoms with Gasteiger partial charge in [0.25, 0.3) is 0 Å². The van der Waals surface area contributed by atoms with E-state index in [0.29, 0.717) is 5.92 Å². The van der Waals surface area contributed by atoms with Gasteiger partial charge in [0.05, 0.1) is 0 Å². The molecule has 1 aliphatic carbocycles. The summed E-state index contributed by atoms with van der Waals surface area (Å²) in [5.74, 6) is -0.0960. The van der Waals surface area contributed by atoms with E-state index in [0.717, 1.165) is 19.3 Å². The van der Waals surface area contributed by atoms with Crippen LogP contribution in [-0.2, 0) is 4.79 Å². The lowest BCUT2D eigenvalue weighted by molar-refractivity contribution is -0.145. The Labute approximate surface area is 79.3 Å². The number of carboxylic acid groups (broad SMARTS) is 1. The molecule has 3 atom stereocenters. The fraction of sp³-hybridized carbons (Fsp3) is 0.900. The van der Waals surface area contributed by atoms with Gasteiger partial charge in [-0.3, -0.25) is 4.79 Å². The Morgan fingerprint density at radius 2 is 2.15 bits per heavy atom. The summed E-state index contributed by atoms with van der Waals surface area (Å²) in [6.07, 6.45) is 4.25. The SMILES string of the molecule is CC1CCCC(C(C)(N)C(=O)O)C1. The van der Waals surface area contributed by atoms with Crippen LogP contribution in [0.4, 0.5) is 0 Å². The molecule has 0 amide bonds. The Balaban J connectivity index is 2.64. The maximum atomic E-state index is 10.9. The second-order valence-electron chi connectivity index (χ2n) is 4.56. The predicted octanol–water partition coefficient (Wildman–Crippen LogP) is 1.61. The molecule has 0 aromatic carbocycles. The van der Waals surface area contributed by atoms with Gasteiger partial charge in [0.2, 0.25) is 0 Å². The maximum Gasteiger partial charge on any atom is 0.323 e. The van der Waals surface area contributed by atoms with Crippen molar-refractivity contribution in [1.29, 1.82) is 0 Å². The Morgan fingerprint density at radius 3 is 2.62 bits per heavy atom. The van der Waals surface area contributed by atoms with Gasteiger partial charge in [-0.05, 0) is 31.6 Å². The summed E-state index contributed by atoms with van der Waals surface area (Å²) in [5.41, 5.74) is 4.76. The molecule has 0 radical (unpaired) electrons. The number of rotatable bonds is 2. The van der Waals surface area contributed by atoms with Crippen molar-refractivity contribution in [2.24, 2.45) is 17.6 Å². The monoisotopic (exact) mass is 185 g/mol. The summed E-state index contributed by atoms with van der Waals surface area (Å²) in [6.45, 7) is 3.81. The summed E-state index contributed by atoms with van der Waals surface area (Å²) >= 11 is 0. The molecule has 0 aromatic heterocycles. The van der Waals surface area contributed by atoms with Crippen molar-refractivity contribution < 1.29 is 9.90 Å². The average molecular weight is 185 g/mol. The molecule has 1 rings (SSSR count). The van der Waals surface area contributed by atoms with Crippen molar-refractivity contribution in [1.82, 2.24) is 0 Å². The third-order valence-corrected chi connectivity index (χ3v) is 3.25. The van der Waals surface area contributed by atoms with E-state index in [1.807, 2.05) is 0 Å². The lowest BCUT2D eigenvalue weighted by Crippen LogP contribution is -2.52. The number of aliphatic carboxylic acids is 1. The highest BCUT2D eigenvalue weighted by atomic mass is 16.4. The molecule has 76 valence electrons. The van der Waals surface area contributed by atoms with Crippen LogP contribution in [0.25, 0.3) is 0 Å². The molecule has 3 nitrogen and oxygen atoms in total. The van der Waals surface area contributed by atoms with Gasteiger partial charge in [0, 0.05) is 0 Å². The quantitative estimate of drug-likeness (QED) is 0.687. The number of carboxylic acids is 1. The number of carbonyl (C=O) groups is 1. The van der Waals surface area contributed by atoms with Gasteiger partial charge < -0.3 is 10.8 Å². The maximum absolute atomic E-state index is 10.9. The van der Waals surface area contributed by atoms with Crippen LogP contribution in [0.5, 0.6) is 0 Å². The van der Waals surface area contributed by atoms with E-state index in [4.69, 9.17) is 10.8 Å². The van der Waals surface area contributed by atoms with E-state index < -0.39 is 11.5 Å². The second-order valence-corrected chi connectivity index (χ2v) is 4.56. The van der Waals surface area contributed by atoms with Gasteiger partial charge in [-0.1, -0.05) is 19.8 Å². The molecule has 1 aliphatic rings. The van der Waals surface area contributed by atoms with Crippen LogP contribution in [0.3, 0.4) is 0 Å². The normalized spacial score (nSPS) is 33.8. The topological polar surface area (TPSA) is 63.3 Å². The zero-order valence-electron chi connectivity index (χ0n) is 8.42. The highest BCUT2D eigenvalue weighted by Crippen LogP contribution is 2.34. The van der Waals surface area contributed by atoms with E-state index in [9.17, 15) is 4.79 Å². The molecule has 0 bridgehead atoms. The van der Waals surface area contributed by atoms with Crippen molar-refractivity contribution in [3.05, 3.63) is 0 Å². The van der Waals surface area contributed by atoms with Gasteiger partial charge in [-0.25, -0.2) is 0 Å². The van der Waals surface area contributed by atoms with Crippen LogP contribution in [0.1, 0.15) is 39.5 Å². The standard InChI is InChI=1S/C10H19NO2/c1-7-4-3-5-8(6-7)10(2,11)9(12)13/h7-8H,3-6,11H2,1-2H3,(H,12,13). The Bertz CT molecular complexity index is 201. The number of nitrogens with two attached hydrogens (primary N) is 1. The van der Waals surface area contributed by atoms with Crippen LogP contribution < -0.4 is 5.73 Å². The van der Waals surface area contributed by atoms with Crippen LogP contribution >= 0.6 is 0 Å². The largest absolute Gasteiger partial charge is 0.480 e. The molecular weight excluding hydrogens is 166 g/mol. The fourth-order valence-electron chi connectivity index (χ4n) is 2.15. The lowest BCUT2D eigenvalue weighted by atomic mass is 9.73. The minimum atomic E-state index is -1.03. The summed E-state index contributed by atoms with van der Waals surface area (Å²) in [6, 6.07) is 0. The summed E-state index contributed by atoms with van der Waals surface area (Å²) < 4.78 is 0. The van der Waals surface area contributed by atoms with E-state index >= 15 is 0 Å². The van der Waals surface area contributed by atoms with E-state index in [2.05, 4.69) is 6.92 Å². The summed E-state index contributed by atoms with van der Waals surface area (Å²) in [5, 5.41) is 8.95. The van der Waals surface area contributed by atoms with Crippen LogP contribution in [0.15, 0.2) is 0 Å². The zero-order chi connectivity index (χ0) is 10.1. The third-order valence-electron chi connectivity index (χ3n) is 3.25. The van der Waals surface area contributed by atoms with Crippen LogP contribution in [0, 0.1) is 11.8 Å². The highest BCUT2D eigenvalue weighted by molar-refractivity contribution is 5.78. The van der Waals surface area contributed by atoms with Gasteiger partial charge in [-0.15, -0.1) is 0 Å². The predicted molar refractivity (Wildman–Crippen MR) is 51.4 cm³/mol. The first kappa shape index (κ1) is 10.5. The molecule has 0 saturated heterocycles. The Hall–Kier alpha value is -0.570. The first-order chi connectivity index (χ1) is 5.94. The summed E-state index contributed by atoms with van der Waals surface area (Å²) in [4.78, 5) is 10.9. The van der Waals surface area contributed by atoms with Gasteiger partial charge in [0.1, 0.15) is 5.54 Å².